The van der Waals surface area contributed by atoms with Crippen LogP contribution in [0.2, 0.25) is 0 Å². The Labute approximate surface area is 193 Å². The molecule has 0 saturated carbocycles. The van der Waals surface area contributed by atoms with E-state index in [-0.39, 0.29) is 41.3 Å². The molecule has 2 N–H and O–H groups in total. The van der Waals surface area contributed by atoms with E-state index in [2.05, 4.69) is 10.6 Å². The van der Waals surface area contributed by atoms with Gasteiger partial charge in [-0.1, -0.05) is 18.2 Å². The maximum atomic E-state index is 13.2. The fraction of sp³-hybridized carbons (Fsp3) is 0.560. The summed E-state index contributed by atoms with van der Waals surface area (Å²) in [5.74, 6) is -0.276. The molecule has 176 valence electrons. The van der Waals surface area contributed by atoms with Gasteiger partial charge in [-0.15, -0.1) is 0 Å². The summed E-state index contributed by atoms with van der Waals surface area (Å²) in [6.45, 7) is 5.66. The molecule has 33 heavy (non-hydrogen) atoms. The van der Waals surface area contributed by atoms with Gasteiger partial charge in [-0.25, -0.2) is 4.79 Å². The Balaban J connectivity index is 1.31. The molecule has 8 nitrogen and oxygen atoms in total. The molecule has 2 amide bonds. The number of nitrogens with zero attached hydrogens (tertiary/aromatic N) is 2. The van der Waals surface area contributed by atoms with Gasteiger partial charge < -0.3 is 24.4 Å². The molecule has 2 unspecified atom stereocenters. The highest BCUT2D eigenvalue weighted by molar-refractivity contribution is 5.97. The van der Waals surface area contributed by atoms with Gasteiger partial charge in [0.1, 0.15) is 18.7 Å². The number of fused-ring (bicyclic) bond motifs is 1. The number of hydrogen-bond donors (Lipinski definition) is 2. The highest BCUT2D eigenvalue weighted by Gasteiger charge is 2.61. The van der Waals surface area contributed by atoms with Crippen LogP contribution in [0.25, 0.3) is 10.9 Å². The lowest BCUT2D eigenvalue weighted by molar-refractivity contribution is -1.01. The Morgan fingerprint density at radius 3 is 2.42 bits per heavy atom. The van der Waals surface area contributed by atoms with E-state index >= 15 is 0 Å². The van der Waals surface area contributed by atoms with Crippen LogP contribution in [0.3, 0.4) is 0 Å². The lowest BCUT2D eigenvalue weighted by Crippen LogP contribution is -2.75. The molecular formula is C25H33N4O4+. The molecule has 5 rings (SSSR count). The average Bonchev–Trinajstić information content (AvgIpc) is 2.96. The van der Waals surface area contributed by atoms with E-state index in [1.54, 1.807) is 17.7 Å². The number of para-hydroxylation sites is 1. The van der Waals surface area contributed by atoms with Crippen LogP contribution in [-0.2, 0) is 4.74 Å². The van der Waals surface area contributed by atoms with Gasteiger partial charge in [0.15, 0.2) is 0 Å². The number of aromatic nitrogens is 1. The molecular weight excluding hydrogens is 420 g/mol. The number of piperidine rings is 1. The number of quaternary nitrogens is 1. The number of alkyl carbamates (subject to hydrolysis) is 1. The average molecular weight is 454 g/mol. The second kappa shape index (κ2) is 8.17. The van der Waals surface area contributed by atoms with Crippen LogP contribution in [0.1, 0.15) is 55.9 Å². The van der Waals surface area contributed by atoms with Crippen LogP contribution in [-0.4, -0.2) is 65.4 Å². The second-order valence-electron chi connectivity index (χ2n) is 10.2. The zero-order valence-electron chi connectivity index (χ0n) is 19.5. The van der Waals surface area contributed by atoms with Crippen molar-refractivity contribution in [2.45, 2.75) is 69.8 Å². The van der Waals surface area contributed by atoms with Gasteiger partial charge in [0.05, 0.1) is 17.6 Å². The number of hydrogen-bond acceptors (Lipinski definition) is 4. The third-order valence-electron chi connectivity index (χ3n) is 8.01. The summed E-state index contributed by atoms with van der Waals surface area (Å²) in [5, 5.41) is 6.61. The Hall–Kier alpha value is -2.87. The first-order valence-electron chi connectivity index (χ1n) is 12.0. The van der Waals surface area contributed by atoms with Crippen molar-refractivity contribution in [1.82, 2.24) is 15.2 Å². The van der Waals surface area contributed by atoms with E-state index < -0.39 is 0 Å². The molecule has 1 spiro atoms. The van der Waals surface area contributed by atoms with Crippen molar-refractivity contribution < 1.29 is 18.8 Å². The minimum absolute atomic E-state index is 0.0220. The molecule has 1 aromatic heterocycles. The second-order valence-corrected chi connectivity index (χ2v) is 10.2. The number of nitrogens with one attached hydrogen (secondary N) is 2. The molecule has 2 bridgehead atoms. The van der Waals surface area contributed by atoms with Crippen LogP contribution in [0.4, 0.5) is 4.79 Å². The van der Waals surface area contributed by atoms with Crippen LogP contribution in [0.5, 0.6) is 0 Å². The molecule has 0 radical (unpaired) electrons. The number of carbonyl (C=O) groups excluding carboxylic acids is 2. The first-order chi connectivity index (χ1) is 15.8. The maximum Gasteiger partial charge on any atom is 0.407 e. The van der Waals surface area contributed by atoms with E-state index in [9.17, 15) is 14.4 Å². The van der Waals surface area contributed by atoms with Gasteiger partial charge in [0.2, 0.25) is 6.10 Å². The van der Waals surface area contributed by atoms with Crippen molar-refractivity contribution in [3.63, 3.8) is 0 Å². The van der Waals surface area contributed by atoms with Crippen molar-refractivity contribution >= 4 is 22.9 Å². The normalized spacial score (nSPS) is 30.3. The minimum Gasteiger partial charge on any atom is -0.434 e. The predicted molar refractivity (Wildman–Crippen MR) is 125 cm³/mol. The first-order valence-corrected chi connectivity index (χ1v) is 12.0. The van der Waals surface area contributed by atoms with Crippen LogP contribution in [0.15, 0.2) is 35.1 Å². The fourth-order valence-corrected chi connectivity index (χ4v) is 6.53. The first kappa shape index (κ1) is 21.9. The number of rotatable bonds is 4. The molecule has 3 aliphatic rings. The van der Waals surface area contributed by atoms with E-state index in [0.717, 1.165) is 54.2 Å². The van der Waals surface area contributed by atoms with Crippen LogP contribution in [0, 0.1) is 0 Å². The summed E-state index contributed by atoms with van der Waals surface area (Å²) in [5.41, 5.74) is 0.829. The largest absolute Gasteiger partial charge is 0.434 e. The third-order valence-corrected chi connectivity index (χ3v) is 8.01. The SMILES string of the molecule is CNC(=O)OC1C[N+]2(C1)C1CC[C@@H]2CC(NC(=O)c2cc3ccccc3n(C(C)C)c2=O)C1. The van der Waals surface area contributed by atoms with E-state index in [1.807, 2.05) is 38.1 Å². The molecule has 1 aromatic carbocycles. The Morgan fingerprint density at radius 2 is 1.79 bits per heavy atom. The minimum atomic E-state index is -0.366. The zero-order valence-corrected chi connectivity index (χ0v) is 19.5. The van der Waals surface area contributed by atoms with Crippen LogP contribution < -0.4 is 16.2 Å². The summed E-state index contributed by atoms with van der Waals surface area (Å²) in [4.78, 5) is 38.0. The van der Waals surface area contributed by atoms with E-state index in [4.69, 9.17) is 4.74 Å². The summed E-state index contributed by atoms with van der Waals surface area (Å²) >= 11 is 0. The molecule has 0 aliphatic carbocycles. The maximum absolute atomic E-state index is 13.2. The number of carbonyl (C=O) groups is 2. The van der Waals surface area contributed by atoms with E-state index in [1.165, 1.54) is 0 Å². The van der Waals surface area contributed by atoms with Gasteiger partial charge in [-0.05, 0) is 31.4 Å². The zero-order chi connectivity index (χ0) is 23.3. The van der Waals surface area contributed by atoms with Crippen molar-refractivity contribution in [2.75, 3.05) is 20.1 Å². The highest BCUT2D eigenvalue weighted by Crippen LogP contribution is 2.47. The van der Waals surface area contributed by atoms with Gasteiger partial charge in [0, 0.05) is 44.8 Å². The highest BCUT2D eigenvalue weighted by atomic mass is 16.6. The molecule has 4 heterocycles. The standard InChI is InChI=1S/C25H32N4O4/c1-15(2)28-22-7-5-4-6-16(22)10-21(24(28)31)23(30)27-17-11-18-8-9-19(12-17)29(18)13-20(14-29)33-25(32)26-3/h4-7,10,15,17-20H,8-9,11-14H2,1-3H3,(H-,26,27,30,32)/p+1/t17?,18-,19?,20?,29?/m1/s1. The van der Waals surface area contributed by atoms with Gasteiger partial charge in [-0.3, -0.25) is 9.59 Å². The summed E-state index contributed by atoms with van der Waals surface area (Å²) < 4.78 is 8.17. The summed E-state index contributed by atoms with van der Waals surface area (Å²) in [6.07, 6.45) is 3.70. The van der Waals surface area contributed by atoms with Gasteiger partial charge in [-0.2, -0.15) is 0 Å². The number of pyridine rings is 1. The quantitative estimate of drug-likeness (QED) is 0.697. The Morgan fingerprint density at radius 1 is 1.12 bits per heavy atom. The van der Waals surface area contributed by atoms with Crippen molar-refractivity contribution in [3.8, 4) is 0 Å². The van der Waals surface area contributed by atoms with Crippen molar-refractivity contribution in [3.05, 3.63) is 46.2 Å². The fourth-order valence-electron chi connectivity index (χ4n) is 6.53. The van der Waals surface area contributed by atoms with Crippen molar-refractivity contribution in [1.29, 1.82) is 0 Å². The lowest BCUT2D eigenvalue weighted by atomic mass is 9.88. The number of benzene rings is 1. The lowest BCUT2D eigenvalue weighted by Gasteiger charge is -2.57. The van der Waals surface area contributed by atoms with Gasteiger partial charge in [0.25, 0.3) is 11.5 Å². The molecule has 3 atom stereocenters. The van der Waals surface area contributed by atoms with Crippen LogP contribution >= 0.6 is 0 Å². The Kier molecular flexibility index (Phi) is 5.43. The monoisotopic (exact) mass is 453 g/mol. The van der Waals surface area contributed by atoms with E-state index in [0.29, 0.717) is 12.1 Å². The number of ether oxygens (including phenoxy) is 1. The summed E-state index contributed by atoms with van der Waals surface area (Å²) in [7, 11) is 1.58. The van der Waals surface area contributed by atoms with Gasteiger partial charge >= 0.3 is 6.09 Å². The topological polar surface area (TPSA) is 89.4 Å². The molecule has 3 saturated heterocycles. The Bertz CT molecular complexity index is 1130. The predicted octanol–water partition coefficient (Wildman–Crippen LogP) is 2.56. The smallest absolute Gasteiger partial charge is 0.407 e. The molecule has 2 aromatic rings. The number of amides is 2. The van der Waals surface area contributed by atoms with Crippen molar-refractivity contribution in [2.24, 2.45) is 0 Å². The molecule has 8 heteroatoms. The molecule has 3 aliphatic heterocycles. The third kappa shape index (κ3) is 3.60. The molecule has 3 fully saturated rings. The summed E-state index contributed by atoms with van der Waals surface area (Å²) in [6, 6.07) is 10.4.